The zero-order valence-corrected chi connectivity index (χ0v) is 14.2. The van der Waals surface area contributed by atoms with E-state index in [-0.39, 0.29) is 11.9 Å². The van der Waals surface area contributed by atoms with E-state index >= 15 is 0 Å². The molecule has 0 aromatic carbocycles. The smallest absolute Gasteiger partial charge is 0.234 e. The van der Waals surface area contributed by atoms with Crippen molar-refractivity contribution in [3.63, 3.8) is 0 Å². The molecule has 1 aliphatic heterocycles. The average Bonchev–Trinajstić information content (AvgIpc) is 2.84. The Bertz CT molecular complexity index is 493. The lowest BCUT2D eigenvalue weighted by molar-refractivity contribution is -0.122. The summed E-state index contributed by atoms with van der Waals surface area (Å²) in [5, 5.41) is 10.9. The van der Waals surface area contributed by atoms with E-state index in [0.717, 1.165) is 37.3 Å². The molecule has 2 N–H and O–H groups in total. The van der Waals surface area contributed by atoms with Gasteiger partial charge in [0.25, 0.3) is 0 Å². The molecule has 2 rings (SSSR count). The molecule has 0 spiro atoms. The normalized spacial score (nSPS) is 17.7. The molecule has 1 fully saturated rings. The summed E-state index contributed by atoms with van der Waals surface area (Å²) < 4.78 is 1.98. The first-order valence-corrected chi connectivity index (χ1v) is 8.17. The lowest BCUT2D eigenvalue weighted by Crippen LogP contribution is -2.45. The average molecular weight is 307 g/mol. The summed E-state index contributed by atoms with van der Waals surface area (Å²) in [6.45, 7) is 9.29. The Morgan fingerprint density at radius 3 is 2.77 bits per heavy atom. The van der Waals surface area contributed by atoms with Crippen LogP contribution in [0.3, 0.4) is 0 Å². The molecule has 6 heteroatoms. The number of piperidine rings is 1. The molecule has 1 aromatic rings. The van der Waals surface area contributed by atoms with Gasteiger partial charge in [0, 0.05) is 18.3 Å². The second kappa shape index (κ2) is 7.74. The maximum atomic E-state index is 12.1. The minimum absolute atomic E-state index is 0.0920. The highest BCUT2D eigenvalue weighted by atomic mass is 16.2. The van der Waals surface area contributed by atoms with E-state index in [0.29, 0.717) is 19.1 Å². The van der Waals surface area contributed by atoms with Crippen LogP contribution in [0.4, 0.5) is 0 Å². The topological polar surface area (TPSA) is 62.2 Å². The largest absolute Gasteiger partial charge is 0.353 e. The molecule has 1 aliphatic rings. The van der Waals surface area contributed by atoms with Gasteiger partial charge in [-0.05, 0) is 59.8 Å². The van der Waals surface area contributed by atoms with Crippen molar-refractivity contribution < 1.29 is 4.79 Å². The second-order valence-electron chi connectivity index (χ2n) is 6.42. The second-order valence-corrected chi connectivity index (χ2v) is 6.42. The number of nitrogens with one attached hydrogen (secondary N) is 2. The van der Waals surface area contributed by atoms with Crippen LogP contribution < -0.4 is 10.6 Å². The van der Waals surface area contributed by atoms with Crippen molar-refractivity contribution in [1.82, 2.24) is 25.3 Å². The van der Waals surface area contributed by atoms with Gasteiger partial charge in [0.05, 0.1) is 18.3 Å². The summed E-state index contributed by atoms with van der Waals surface area (Å²) >= 11 is 0. The van der Waals surface area contributed by atoms with E-state index in [4.69, 9.17) is 0 Å². The Morgan fingerprint density at radius 1 is 1.50 bits per heavy atom. The molecule has 1 saturated heterocycles. The number of aryl methyl sites for hydroxylation is 2. The molecular weight excluding hydrogens is 278 g/mol. The highest BCUT2D eigenvalue weighted by Gasteiger charge is 2.20. The third-order valence-corrected chi connectivity index (χ3v) is 4.38. The van der Waals surface area contributed by atoms with Crippen LogP contribution in [0.1, 0.15) is 37.2 Å². The number of aromatic nitrogens is 2. The molecule has 0 radical (unpaired) electrons. The molecule has 1 atom stereocenters. The number of carbonyl (C=O) groups excluding carboxylic acids is 1. The van der Waals surface area contributed by atoms with E-state index in [9.17, 15) is 4.79 Å². The summed E-state index contributed by atoms with van der Waals surface area (Å²) in [6.07, 6.45) is 2.23. The molecular formula is C16H29N5O. The fraction of sp³-hybridized carbons (Fsp3) is 0.750. The van der Waals surface area contributed by atoms with Crippen molar-refractivity contribution in [3.05, 3.63) is 17.5 Å². The molecule has 0 saturated carbocycles. The zero-order valence-electron chi connectivity index (χ0n) is 14.2. The van der Waals surface area contributed by atoms with Crippen LogP contribution in [0, 0.1) is 13.8 Å². The number of hydrogen-bond donors (Lipinski definition) is 2. The van der Waals surface area contributed by atoms with Gasteiger partial charge in [0.1, 0.15) is 0 Å². The monoisotopic (exact) mass is 307 g/mol. The van der Waals surface area contributed by atoms with E-state index in [1.165, 1.54) is 0 Å². The van der Waals surface area contributed by atoms with Gasteiger partial charge in [-0.1, -0.05) is 0 Å². The van der Waals surface area contributed by atoms with Crippen LogP contribution in [-0.2, 0) is 4.79 Å². The van der Waals surface area contributed by atoms with Gasteiger partial charge in [-0.2, -0.15) is 5.10 Å². The van der Waals surface area contributed by atoms with Gasteiger partial charge in [0.2, 0.25) is 5.91 Å². The number of amides is 1. The summed E-state index contributed by atoms with van der Waals surface area (Å²) in [5.74, 6) is 0.0920. The minimum atomic E-state index is 0.0920. The zero-order chi connectivity index (χ0) is 16.1. The van der Waals surface area contributed by atoms with Crippen molar-refractivity contribution in [2.75, 3.05) is 33.2 Å². The molecule has 6 nitrogen and oxygen atoms in total. The SMILES string of the molecule is Cc1cc(C)n(C(C)CNC(=O)CN(C)C2CCNCC2)n1. The van der Waals surface area contributed by atoms with Crippen LogP contribution >= 0.6 is 0 Å². The predicted molar refractivity (Wildman–Crippen MR) is 87.9 cm³/mol. The van der Waals surface area contributed by atoms with Crippen LogP contribution in [-0.4, -0.2) is 59.9 Å². The fourth-order valence-corrected chi connectivity index (χ4v) is 3.10. The van der Waals surface area contributed by atoms with Crippen molar-refractivity contribution in [1.29, 1.82) is 0 Å². The molecule has 2 heterocycles. The highest BCUT2D eigenvalue weighted by Crippen LogP contribution is 2.11. The number of hydrogen-bond acceptors (Lipinski definition) is 4. The molecule has 0 bridgehead atoms. The van der Waals surface area contributed by atoms with Crippen molar-refractivity contribution >= 4 is 5.91 Å². The first-order chi connectivity index (χ1) is 10.5. The quantitative estimate of drug-likeness (QED) is 0.818. The van der Waals surface area contributed by atoms with Crippen LogP contribution in [0.15, 0.2) is 6.07 Å². The minimum Gasteiger partial charge on any atom is -0.353 e. The summed E-state index contributed by atoms with van der Waals surface area (Å²) in [5.41, 5.74) is 2.15. The third-order valence-electron chi connectivity index (χ3n) is 4.38. The van der Waals surface area contributed by atoms with Gasteiger partial charge in [-0.3, -0.25) is 14.4 Å². The highest BCUT2D eigenvalue weighted by molar-refractivity contribution is 5.78. The third kappa shape index (κ3) is 4.55. The van der Waals surface area contributed by atoms with E-state index in [1.807, 2.05) is 25.6 Å². The molecule has 0 aliphatic carbocycles. The summed E-state index contributed by atoms with van der Waals surface area (Å²) in [4.78, 5) is 14.3. The van der Waals surface area contributed by atoms with Crippen LogP contribution in [0.2, 0.25) is 0 Å². The van der Waals surface area contributed by atoms with Gasteiger partial charge in [-0.15, -0.1) is 0 Å². The Kier molecular flexibility index (Phi) is 5.97. The van der Waals surface area contributed by atoms with Gasteiger partial charge < -0.3 is 10.6 Å². The summed E-state index contributed by atoms with van der Waals surface area (Å²) in [6, 6.07) is 2.74. The van der Waals surface area contributed by atoms with Crippen LogP contribution in [0.25, 0.3) is 0 Å². The predicted octanol–water partition coefficient (Wildman–Crippen LogP) is 0.861. The number of rotatable bonds is 6. The van der Waals surface area contributed by atoms with E-state index in [2.05, 4.69) is 33.6 Å². The van der Waals surface area contributed by atoms with E-state index < -0.39 is 0 Å². The van der Waals surface area contributed by atoms with Crippen LogP contribution in [0.5, 0.6) is 0 Å². The Morgan fingerprint density at radius 2 is 2.18 bits per heavy atom. The number of nitrogens with zero attached hydrogens (tertiary/aromatic N) is 3. The van der Waals surface area contributed by atoms with Crippen molar-refractivity contribution in [2.24, 2.45) is 0 Å². The maximum absolute atomic E-state index is 12.1. The maximum Gasteiger partial charge on any atom is 0.234 e. The molecule has 1 unspecified atom stereocenters. The summed E-state index contributed by atoms with van der Waals surface area (Å²) in [7, 11) is 2.04. The number of carbonyl (C=O) groups is 1. The molecule has 124 valence electrons. The fourth-order valence-electron chi connectivity index (χ4n) is 3.10. The lowest BCUT2D eigenvalue weighted by atomic mass is 10.1. The molecule has 1 amide bonds. The van der Waals surface area contributed by atoms with Crippen molar-refractivity contribution in [2.45, 2.75) is 45.7 Å². The van der Waals surface area contributed by atoms with Gasteiger partial charge >= 0.3 is 0 Å². The van der Waals surface area contributed by atoms with Crippen molar-refractivity contribution in [3.8, 4) is 0 Å². The Hall–Kier alpha value is -1.40. The first kappa shape index (κ1) is 17.0. The van der Waals surface area contributed by atoms with Gasteiger partial charge in [0.15, 0.2) is 0 Å². The standard InChI is InChI=1S/C16H29N5O/c1-12-9-13(2)21(19-12)14(3)10-18-16(22)11-20(4)15-5-7-17-8-6-15/h9,14-15,17H,5-8,10-11H2,1-4H3,(H,18,22). The molecule has 1 aromatic heterocycles. The first-order valence-electron chi connectivity index (χ1n) is 8.17. The van der Waals surface area contributed by atoms with E-state index in [1.54, 1.807) is 0 Å². The van der Waals surface area contributed by atoms with Gasteiger partial charge in [-0.25, -0.2) is 0 Å². The Balaban J connectivity index is 1.76. The molecule has 22 heavy (non-hydrogen) atoms. The number of likely N-dealkylation sites (N-methyl/N-ethyl adjacent to an activating group) is 1. The Labute approximate surface area is 133 Å². The lowest BCUT2D eigenvalue weighted by Gasteiger charge is -2.31.